The van der Waals surface area contributed by atoms with E-state index in [9.17, 15) is 0 Å². The maximum Gasteiger partial charge on any atom is 0.323 e. The maximum absolute atomic E-state index is 5.78. The van der Waals surface area contributed by atoms with E-state index in [-0.39, 0.29) is 0 Å². The van der Waals surface area contributed by atoms with Crippen LogP contribution in [0.25, 0.3) is 11.5 Å². The third-order valence-electron chi connectivity index (χ3n) is 3.16. The summed E-state index contributed by atoms with van der Waals surface area (Å²) in [4.78, 5) is 1.96. The first-order valence-corrected chi connectivity index (χ1v) is 6.80. The van der Waals surface area contributed by atoms with Crippen molar-refractivity contribution in [1.29, 1.82) is 0 Å². The quantitative estimate of drug-likeness (QED) is 0.741. The van der Waals surface area contributed by atoms with E-state index in [1.807, 2.05) is 66.4 Å². The zero-order valence-electron chi connectivity index (χ0n) is 11.7. The normalized spacial score (nSPS) is 10.5. The van der Waals surface area contributed by atoms with Crippen LogP contribution in [0.2, 0.25) is 0 Å². The Hall–Kier alpha value is -2.82. The fourth-order valence-corrected chi connectivity index (χ4v) is 2.15. The molecule has 0 bridgehead atoms. The molecule has 0 aliphatic rings. The van der Waals surface area contributed by atoms with Gasteiger partial charge in [0.15, 0.2) is 0 Å². The van der Waals surface area contributed by atoms with Gasteiger partial charge in [-0.2, -0.15) is 0 Å². The lowest BCUT2D eigenvalue weighted by Gasteiger charge is -2.17. The SMILES string of the molecule is CCN(c1ccccc1)c1nnc(-c2cccc(N)c2)o1. The molecule has 2 aromatic carbocycles. The van der Waals surface area contributed by atoms with E-state index in [0.29, 0.717) is 17.6 Å². The third-order valence-corrected chi connectivity index (χ3v) is 3.16. The van der Waals surface area contributed by atoms with Gasteiger partial charge >= 0.3 is 6.01 Å². The van der Waals surface area contributed by atoms with Gasteiger partial charge in [0.1, 0.15) is 0 Å². The topological polar surface area (TPSA) is 68.2 Å². The summed E-state index contributed by atoms with van der Waals surface area (Å²) in [7, 11) is 0. The van der Waals surface area contributed by atoms with Gasteiger partial charge < -0.3 is 10.2 Å². The molecule has 0 saturated carbocycles. The number of anilines is 3. The van der Waals surface area contributed by atoms with Crippen LogP contribution < -0.4 is 10.6 Å². The van der Waals surface area contributed by atoms with Crippen molar-refractivity contribution >= 4 is 17.4 Å². The van der Waals surface area contributed by atoms with Crippen LogP contribution in [0.15, 0.2) is 59.0 Å². The lowest BCUT2D eigenvalue weighted by Crippen LogP contribution is -2.16. The molecule has 0 amide bonds. The van der Waals surface area contributed by atoms with Crippen molar-refractivity contribution in [3.05, 3.63) is 54.6 Å². The van der Waals surface area contributed by atoms with Gasteiger partial charge in [-0.1, -0.05) is 29.4 Å². The Bertz CT molecular complexity index is 724. The minimum atomic E-state index is 0.465. The first-order chi connectivity index (χ1) is 10.3. The lowest BCUT2D eigenvalue weighted by molar-refractivity contribution is 0.565. The number of hydrogen-bond donors (Lipinski definition) is 1. The molecular weight excluding hydrogens is 264 g/mol. The van der Waals surface area contributed by atoms with Crippen LogP contribution in [-0.2, 0) is 0 Å². The van der Waals surface area contributed by atoms with Crippen LogP contribution in [0.5, 0.6) is 0 Å². The van der Waals surface area contributed by atoms with Gasteiger partial charge in [0.25, 0.3) is 0 Å². The molecule has 1 heterocycles. The molecule has 3 aromatic rings. The average molecular weight is 280 g/mol. The number of aromatic nitrogens is 2. The standard InChI is InChI=1S/C16H16N4O/c1-2-20(14-9-4-3-5-10-14)16-19-18-15(21-16)12-7-6-8-13(17)11-12/h3-11H,2,17H2,1H3. The van der Waals surface area contributed by atoms with Crippen LogP contribution in [0.4, 0.5) is 17.4 Å². The van der Waals surface area contributed by atoms with Gasteiger partial charge in [-0.3, -0.25) is 4.90 Å². The van der Waals surface area contributed by atoms with Gasteiger partial charge in [-0.25, -0.2) is 0 Å². The molecule has 0 unspecified atom stereocenters. The summed E-state index contributed by atoms with van der Waals surface area (Å²) in [5.74, 6) is 0.465. The van der Waals surface area contributed by atoms with E-state index < -0.39 is 0 Å². The second-order valence-electron chi connectivity index (χ2n) is 4.60. The van der Waals surface area contributed by atoms with Crippen molar-refractivity contribution in [2.45, 2.75) is 6.92 Å². The van der Waals surface area contributed by atoms with E-state index in [4.69, 9.17) is 10.2 Å². The Kier molecular flexibility index (Phi) is 3.55. The highest BCUT2D eigenvalue weighted by atomic mass is 16.4. The zero-order valence-corrected chi connectivity index (χ0v) is 11.7. The summed E-state index contributed by atoms with van der Waals surface area (Å²) in [6, 6.07) is 17.8. The molecule has 0 aliphatic carbocycles. The number of nitrogens with two attached hydrogens (primary N) is 1. The molecule has 5 nitrogen and oxygen atoms in total. The van der Waals surface area contributed by atoms with Gasteiger partial charge in [0.2, 0.25) is 5.89 Å². The molecular formula is C16H16N4O. The first-order valence-electron chi connectivity index (χ1n) is 6.80. The van der Waals surface area contributed by atoms with E-state index in [1.54, 1.807) is 0 Å². The molecule has 21 heavy (non-hydrogen) atoms. The summed E-state index contributed by atoms with van der Waals surface area (Å²) in [5, 5.41) is 8.25. The van der Waals surface area contributed by atoms with Gasteiger partial charge in [-0.15, -0.1) is 5.10 Å². The minimum Gasteiger partial charge on any atom is -0.403 e. The van der Waals surface area contributed by atoms with Crippen LogP contribution in [0.1, 0.15) is 6.92 Å². The maximum atomic E-state index is 5.78. The Morgan fingerprint density at radius 2 is 1.86 bits per heavy atom. The van der Waals surface area contributed by atoms with Crippen LogP contribution in [-0.4, -0.2) is 16.7 Å². The summed E-state index contributed by atoms with van der Waals surface area (Å²) < 4.78 is 5.78. The fraction of sp³-hybridized carbons (Fsp3) is 0.125. The molecule has 0 spiro atoms. The zero-order chi connectivity index (χ0) is 14.7. The molecule has 0 saturated heterocycles. The molecule has 0 fully saturated rings. The smallest absolute Gasteiger partial charge is 0.323 e. The molecule has 106 valence electrons. The molecule has 0 aliphatic heterocycles. The summed E-state index contributed by atoms with van der Waals surface area (Å²) in [5.41, 5.74) is 8.28. The third kappa shape index (κ3) is 2.72. The predicted octanol–water partition coefficient (Wildman–Crippen LogP) is 3.48. The van der Waals surface area contributed by atoms with Crippen molar-refractivity contribution in [2.24, 2.45) is 0 Å². The number of nitrogen functional groups attached to an aromatic ring is 1. The summed E-state index contributed by atoms with van der Waals surface area (Å²) in [6.07, 6.45) is 0. The number of hydrogen-bond acceptors (Lipinski definition) is 5. The molecule has 1 aromatic heterocycles. The van der Waals surface area contributed by atoms with E-state index >= 15 is 0 Å². The highest BCUT2D eigenvalue weighted by Gasteiger charge is 2.15. The Morgan fingerprint density at radius 3 is 2.57 bits per heavy atom. The Balaban J connectivity index is 1.94. The average Bonchev–Trinajstić information content (AvgIpc) is 2.99. The fourth-order valence-electron chi connectivity index (χ4n) is 2.15. The van der Waals surface area contributed by atoms with Gasteiger partial charge in [0.05, 0.1) is 0 Å². The summed E-state index contributed by atoms with van der Waals surface area (Å²) in [6.45, 7) is 2.78. The van der Waals surface area contributed by atoms with Crippen molar-refractivity contribution in [3.8, 4) is 11.5 Å². The second kappa shape index (κ2) is 5.66. The van der Waals surface area contributed by atoms with E-state index in [0.717, 1.165) is 17.8 Å². The molecule has 2 N–H and O–H groups in total. The van der Waals surface area contributed by atoms with E-state index in [1.165, 1.54) is 0 Å². The monoisotopic (exact) mass is 280 g/mol. The molecule has 3 rings (SSSR count). The van der Waals surface area contributed by atoms with Gasteiger partial charge in [-0.05, 0) is 37.3 Å². The van der Waals surface area contributed by atoms with Crippen molar-refractivity contribution in [1.82, 2.24) is 10.2 Å². The van der Waals surface area contributed by atoms with Crippen LogP contribution in [0.3, 0.4) is 0 Å². The van der Waals surface area contributed by atoms with Crippen molar-refractivity contribution in [3.63, 3.8) is 0 Å². The minimum absolute atomic E-state index is 0.465. The van der Waals surface area contributed by atoms with Gasteiger partial charge in [0, 0.05) is 23.5 Å². The van der Waals surface area contributed by atoms with Crippen LogP contribution >= 0.6 is 0 Å². The van der Waals surface area contributed by atoms with E-state index in [2.05, 4.69) is 10.2 Å². The molecule has 5 heteroatoms. The van der Waals surface area contributed by atoms with Crippen molar-refractivity contribution in [2.75, 3.05) is 17.2 Å². The number of para-hydroxylation sites is 1. The highest BCUT2D eigenvalue weighted by molar-refractivity contribution is 5.61. The molecule has 0 atom stereocenters. The Morgan fingerprint density at radius 1 is 1.05 bits per heavy atom. The Labute approximate surface area is 123 Å². The first kappa shape index (κ1) is 13.2. The summed E-state index contributed by atoms with van der Waals surface area (Å²) >= 11 is 0. The largest absolute Gasteiger partial charge is 0.403 e. The number of benzene rings is 2. The second-order valence-corrected chi connectivity index (χ2v) is 4.60. The highest BCUT2D eigenvalue weighted by Crippen LogP contribution is 2.27. The number of rotatable bonds is 4. The predicted molar refractivity (Wildman–Crippen MR) is 83.3 cm³/mol. The van der Waals surface area contributed by atoms with Crippen molar-refractivity contribution < 1.29 is 4.42 Å². The lowest BCUT2D eigenvalue weighted by atomic mass is 10.2. The number of nitrogens with zero attached hydrogens (tertiary/aromatic N) is 3. The van der Waals surface area contributed by atoms with Crippen LogP contribution in [0, 0.1) is 0 Å². The molecule has 0 radical (unpaired) electrons.